The van der Waals surface area contributed by atoms with E-state index in [4.69, 9.17) is 0 Å². The number of aromatic carboxylic acids is 1. The van der Waals surface area contributed by atoms with E-state index in [0.717, 1.165) is 17.1 Å². The lowest BCUT2D eigenvalue weighted by Gasteiger charge is -2.32. The van der Waals surface area contributed by atoms with Gasteiger partial charge in [0.25, 0.3) is 0 Å². The molecule has 0 aliphatic heterocycles. The van der Waals surface area contributed by atoms with Crippen molar-refractivity contribution in [1.29, 1.82) is 0 Å². The summed E-state index contributed by atoms with van der Waals surface area (Å²) in [5.41, 5.74) is 2.66. The Labute approximate surface area is 189 Å². The van der Waals surface area contributed by atoms with Gasteiger partial charge >= 0.3 is 5.97 Å². The number of benzene rings is 3. The van der Waals surface area contributed by atoms with Crippen molar-refractivity contribution in [3.8, 4) is 0 Å². The number of carboxylic acids is 1. The second-order valence-corrected chi connectivity index (χ2v) is 8.52. The Morgan fingerprint density at radius 3 is 1.38 bits per heavy atom. The number of nitrogens with zero attached hydrogens (tertiary/aromatic N) is 3. The summed E-state index contributed by atoms with van der Waals surface area (Å²) >= 11 is 0. The molecule has 0 saturated heterocycles. The molecule has 6 heteroatoms. The number of hydrogen-bond donors (Lipinski definition) is 2. The molecule has 0 amide bonds. The van der Waals surface area contributed by atoms with E-state index in [1.807, 2.05) is 112 Å². The van der Waals surface area contributed by atoms with E-state index >= 15 is 0 Å². The Morgan fingerprint density at radius 2 is 1.03 bits per heavy atom. The van der Waals surface area contributed by atoms with Crippen molar-refractivity contribution in [3.63, 3.8) is 0 Å². The van der Waals surface area contributed by atoms with E-state index in [2.05, 4.69) is 0 Å². The van der Waals surface area contributed by atoms with Crippen molar-refractivity contribution in [1.82, 2.24) is 0 Å². The molecule has 32 heavy (non-hydrogen) atoms. The highest BCUT2D eigenvalue weighted by Gasteiger charge is 2.37. The zero-order valence-electron chi connectivity index (χ0n) is 19.5. The third-order valence-electron chi connectivity index (χ3n) is 5.74. The lowest BCUT2D eigenvalue weighted by Crippen LogP contribution is -2.31. The normalized spacial score (nSPS) is 11.2. The second kappa shape index (κ2) is 8.93. The van der Waals surface area contributed by atoms with E-state index in [9.17, 15) is 15.0 Å². The summed E-state index contributed by atoms with van der Waals surface area (Å²) in [4.78, 5) is 18.0. The standard InChI is InChI=1S/C26H31N3O3/c1-27(2)20-11-7-18(8-12-20)26(32,19-9-13-21(14-10-19)28(3)4)24-16-15-22(29(5)6)17-23(24)25(30)31/h7-17,32H,1-6H3,(H,30,31). The zero-order valence-corrected chi connectivity index (χ0v) is 19.5. The maximum atomic E-state index is 12.2. The predicted octanol–water partition coefficient (Wildman–Crippen LogP) is 3.87. The average molecular weight is 434 g/mol. The maximum Gasteiger partial charge on any atom is 0.336 e. The fourth-order valence-corrected chi connectivity index (χ4v) is 3.78. The molecule has 0 spiro atoms. The molecule has 0 radical (unpaired) electrons. The van der Waals surface area contributed by atoms with Crippen molar-refractivity contribution in [2.75, 3.05) is 57.0 Å². The zero-order chi connectivity index (χ0) is 23.6. The van der Waals surface area contributed by atoms with Crippen molar-refractivity contribution in [2.45, 2.75) is 5.60 Å². The van der Waals surface area contributed by atoms with Gasteiger partial charge in [0.15, 0.2) is 0 Å². The molecule has 3 aromatic rings. The minimum Gasteiger partial charge on any atom is -0.478 e. The van der Waals surface area contributed by atoms with Crippen molar-refractivity contribution in [3.05, 3.63) is 89.0 Å². The van der Waals surface area contributed by atoms with Crippen LogP contribution in [-0.2, 0) is 5.60 Å². The van der Waals surface area contributed by atoms with Crippen LogP contribution in [0, 0.1) is 0 Å². The monoisotopic (exact) mass is 433 g/mol. The number of hydrogen-bond acceptors (Lipinski definition) is 5. The first-order valence-electron chi connectivity index (χ1n) is 10.4. The Kier molecular flexibility index (Phi) is 6.46. The van der Waals surface area contributed by atoms with Gasteiger partial charge in [-0.05, 0) is 47.5 Å². The van der Waals surface area contributed by atoms with Crippen LogP contribution in [0.1, 0.15) is 27.0 Å². The van der Waals surface area contributed by atoms with Crippen molar-refractivity contribution in [2.24, 2.45) is 0 Å². The van der Waals surface area contributed by atoms with Crippen molar-refractivity contribution >= 4 is 23.0 Å². The second-order valence-electron chi connectivity index (χ2n) is 8.52. The van der Waals surface area contributed by atoms with Crippen LogP contribution in [0.25, 0.3) is 0 Å². The Bertz CT molecular complexity index is 1040. The molecule has 3 rings (SSSR count). The van der Waals surface area contributed by atoms with Crippen LogP contribution in [0.2, 0.25) is 0 Å². The highest BCUT2D eigenvalue weighted by molar-refractivity contribution is 5.91. The first kappa shape index (κ1) is 23.2. The van der Waals surface area contributed by atoms with Crippen LogP contribution >= 0.6 is 0 Å². The molecule has 0 unspecified atom stereocenters. The lowest BCUT2D eigenvalue weighted by molar-refractivity contribution is 0.0680. The van der Waals surface area contributed by atoms with Gasteiger partial charge in [-0.15, -0.1) is 0 Å². The minimum absolute atomic E-state index is 0.0621. The molecule has 3 aromatic carbocycles. The molecule has 2 N–H and O–H groups in total. The summed E-state index contributed by atoms with van der Waals surface area (Å²) < 4.78 is 0. The first-order chi connectivity index (χ1) is 15.1. The minimum atomic E-state index is -1.64. The Morgan fingerprint density at radius 1 is 0.656 bits per heavy atom. The van der Waals surface area contributed by atoms with Crippen LogP contribution in [-0.4, -0.2) is 58.5 Å². The van der Waals surface area contributed by atoms with E-state index in [1.54, 1.807) is 12.1 Å². The van der Waals surface area contributed by atoms with Gasteiger partial charge in [-0.2, -0.15) is 0 Å². The lowest BCUT2D eigenvalue weighted by atomic mass is 9.78. The summed E-state index contributed by atoms with van der Waals surface area (Å²) in [7, 11) is 11.5. The number of rotatable bonds is 7. The highest BCUT2D eigenvalue weighted by atomic mass is 16.4. The molecule has 168 valence electrons. The maximum absolute atomic E-state index is 12.2. The molecular weight excluding hydrogens is 402 g/mol. The molecule has 0 atom stereocenters. The highest BCUT2D eigenvalue weighted by Crippen LogP contribution is 2.40. The summed E-state index contributed by atoms with van der Waals surface area (Å²) in [6, 6.07) is 20.2. The quantitative estimate of drug-likeness (QED) is 0.552. The molecule has 0 bridgehead atoms. The van der Waals surface area contributed by atoms with E-state index < -0.39 is 11.6 Å². The predicted molar refractivity (Wildman–Crippen MR) is 131 cm³/mol. The fourth-order valence-electron chi connectivity index (χ4n) is 3.78. The largest absolute Gasteiger partial charge is 0.478 e. The summed E-state index contributed by atoms with van der Waals surface area (Å²) in [6.07, 6.45) is 0. The Balaban J connectivity index is 2.29. The first-order valence-corrected chi connectivity index (χ1v) is 10.4. The SMILES string of the molecule is CN(C)c1ccc(C(O)(c2ccc(N(C)C)cc2)c2ccc(N(C)C)cc2C(=O)O)cc1. The molecule has 6 nitrogen and oxygen atoms in total. The van der Waals surface area contributed by atoms with Crippen LogP contribution in [0.3, 0.4) is 0 Å². The van der Waals surface area contributed by atoms with Gasteiger partial charge in [0.05, 0.1) is 5.56 Å². The summed E-state index contributed by atoms with van der Waals surface area (Å²) in [6.45, 7) is 0. The molecule has 0 aliphatic rings. The third kappa shape index (κ3) is 4.27. The average Bonchev–Trinajstić information content (AvgIpc) is 2.78. The molecule has 0 heterocycles. The van der Waals surface area contributed by atoms with Gasteiger partial charge in [-0.1, -0.05) is 30.3 Å². The molecule has 0 fully saturated rings. The number of carbonyl (C=O) groups is 1. The number of carboxylic acid groups (broad SMARTS) is 1. The molecule has 0 aromatic heterocycles. The van der Waals surface area contributed by atoms with Gasteiger partial charge in [0.1, 0.15) is 5.60 Å². The number of anilines is 3. The fraction of sp³-hybridized carbons (Fsp3) is 0.269. The van der Waals surface area contributed by atoms with Crippen LogP contribution in [0.4, 0.5) is 17.1 Å². The molecule has 0 aliphatic carbocycles. The third-order valence-corrected chi connectivity index (χ3v) is 5.74. The molecular formula is C26H31N3O3. The van der Waals surface area contributed by atoms with Crippen LogP contribution < -0.4 is 14.7 Å². The topological polar surface area (TPSA) is 67.2 Å². The van der Waals surface area contributed by atoms with Gasteiger partial charge in [0.2, 0.25) is 0 Å². The van der Waals surface area contributed by atoms with E-state index in [-0.39, 0.29) is 5.56 Å². The van der Waals surface area contributed by atoms with E-state index in [0.29, 0.717) is 16.7 Å². The molecule has 0 saturated carbocycles. The number of aliphatic hydroxyl groups is 1. The van der Waals surface area contributed by atoms with Gasteiger partial charge < -0.3 is 24.9 Å². The van der Waals surface area contributed by atoms with Gasteiger partial charge in [-0.3, -0.25) is 0 Å². The Hall–Kier alpha value is -3.51. The summed E-state index contributed by atoms with van der Waals surface area (Å²) in [5.74, 6) is -1.09. The smallest absolute Gasteiger partial charge is 0.336 e. The van der Waals surface area contributed by atoms with Gasteiger partial charge in [-0.25, -0.2) is 4.79 Å². The van der Waals surface area contributed by atoms with E-state index in [1.165, 1.54) is 0 Å². The van der Waals surface area contributed by atoms with Crippen LogP contribution in [0.5, 0.6) is 0 Å². The van der Waals surface area contributed by atoms with Gasteiger partial charge in [0, 0.05) is 64.9 Å². The summed E-state index contributed by atoms with van der Waals surface area (Å²) in [5, 5.41) is 22.3. The van der Waals surface area contributed by atoms with Crippen LogP contribution in [0.15, 0.2) is 66.7 Å². The van der Waals surface area contributed by atoms with Crippen molar-refractivity contribution < 1.29 is 15.0 Å².